The first-order valence-corrected chi connectivity index (χ1v) is 6.29. The summed E-state index contributed by atoms with van der Waals surface area (Å²) in [6, 6.07) is 4.45. The van der Waals surface area contributed by atoms with Crippen molar-refractivity contribution in [2.24, 2.45) is 0 Å². The fraction of sp³-hybridized carbons (Fsp3) is 0.417. The van der Waals surface area contributed by atoms with Gasteiger partial charge in [-0.25, -0.2) is 0 Å². The fourth-order valence-corrected chi connectivity index (χ4v) is 2.39. The minimum Gasteiger partial charge on any atom is -0.294 e. The van der Waals surface area contributed by atoms with Crippen molar-refractivity contribution in [1.82, 2.24) is 0 Å². The quantitative estimate of drug-likeness (QED) is 0.347. The molecule has 0 aliphatic heterocycles. The lowest BCUT2D eigenvalue weighted by atomic mass is 10.1. The normalized spacial score (nSPS) is 12.2. The first-order chi connectivity index (χ1) is 7.95. The van der Waals surface area contributed by atoms with E-state index in [-0.39, 0.29) is 11.5 Å². The third-order valence-corrected chi connectivity index (χ3v) is 3.80. The molecule has 0 spiro atoms. The number of nitro groups is 1. The Morgan fingerprint density at radius 2 is 2.18 bits per heavy atom. The van der Waals surface area contributed by atoms with E-state index in [0.717, 1.165) is 11.3 Å². The zero-order valence-corrected chi connectivity index (χ0v) is 10.9. The monoisotopic (exact) mass is 253 g/mol. The van der Waals surface area contributed by atoms with Gasteiger partial charge in [0, 0.05) is 27.8 Å². The summed E-state index contributed by atoms with van der Waals surface area (Å²) in [6.45, 7) is 5.56. The van der Waals surface area contributed by atoms with E-state index in [1.54, 1.807) is 17.8 Å². The van der Waals surface area contributed by atoms with Crippen LogP contribution in [-0.4, -0.2) is 16.0 Å². The van der Waals surface area contributed by atoms with Gasteiger partial charge >= 0.3 is 0 Å². The number of nitrogens with zero attached hydrogens (tertiary/aromatic N) is 1. The van der Waals surface area contributed by atoms with E-state index in [0.29, 0.717) is 10.8 Å². The van der Waals surface area contributed by atoms with Gasteiger partial charge in [-0.05, 0) is 19.4 Å². The van der Waals surface area contributed by atoms with E-state index in [4.69, 9.17) is 0 Å². The largest absolute Gasteiger partial charge is 0.294 e. The highest BCUT2D eigenvalue weighted by molar-refractivity contribution is 8.00. The molecule has 1 unspecified atom stereocenters. The van der Waals surface area contributed by atoms with E-state index in [1.165, 1.54) is 19.1 Å². The molecule has 1 rings (SSSR count). The lowest BCUT2D eigenvalue weighted by Gasteiger charge is -2.11. The molecule has 1 atom stereocenters. The summed E-state index contributed by atoms with van der Waals surface area (Å²) < 4.78 is 0. The molecule has 1 aromatic rings. The van der Waals surface area contributed by atoms with Crippen LogP contribution >= 0.6 is 11.8 Å². The number of rotatable bonds is 5. The molecular weight excluding hydrogens is 238 g/mol. The molecule has 0 aliphatic rings. The van der Waals surface area contributed by atoms with Crippen LogP contribution < -0.4 is 0 Å². The van der Waals surface area contributed by atoms with Gasteiger partial charge in [0.2, 0.25) is 0 Å². The van der Waals surface area contributed by atoms with Crippen LogP contribution in [0.1, 0.15) is 37.6 Å². The summed E-state index contributed by atoms with van der Waals surface area (Å²) >= 11 is 1.58. The first-order valence-electron chi connectivity index (χ1n) is 5.41. The van der Waals surface area contributed by atoms with Crippen molar-refractivity contribution < 1.29 is 9.72 Å². The number of nitro benzene ring substituents is 1. The van der Waals surface area contributed by atoms with Gasteiger partial charge < -0.3 is 0 Å². The SMILES string of the molecule is CCC(C)Sc1ccc([N+](=O)[O-])cc1C(C)=O. The van der Waals surface area contributed by atoms with E-state index in [2.05, 4.69) is 13.8 Å². The number of ketones is 1. The van der Waals surface area contributed by atoms with Crippen molar-refractivity contribution in [3.05, 3.63) is 33.9 Å². The Labute approximate surface area is 105 Å². The predicted octanol–water partition coefficient (Wildman–Crippen LogP) is 3.69. The number of hydrogen-bond acceptors (Lipinski definition) is 4. The maximum atomic E-state index is 11.5. The van der Waals surface area contributed by atoms with Gasteiger partial charge in [-0.3, -0.25) is 14.9 Å². The number of carbonyl (C=O) groups excluding carboxylic acids is 1. The number of non-ortho nitro benzene ring substituents is 1. The zero-order valence-electron chi connectivity index (χ0n) is 10.1. The summed E-state index contributed by atoms with van der Waals surface area (Å²) in [5.41, 5.74) is 0.396. The fourth-order valence-electron chi connectivity index (χ4n) is 1.31. The van der Waals surface area contributed by atoms with Crippen molar-refractivity contribution in [2.75, 3.05) is 0 Å². The summed E-state index contributed by atoms with van der Waals surface area (Å²) in [5.74, 6) is -0.139. The minimum absolute atomic E-state index is 0.0382. The minimum atomic E-state index is -0.482. The van der Waals surface area contributed by atoms with Crippen LogP contribution in [0.2, 0.25) is 0 Å². The Balaban J connectivity index is 3.13. The Morgan fingerprint density at radius 1 is 1.53 bits per heavy atom. The molecule has 0 saturated heterocycles. The molecule has 0 bridgehead atoms. The maximum Gasteiger partial charge on any atom is 0.270 e. The molecule has 4 nitrogen and oxygen atoms in total. The van der Waals surface area contributed by atoms with Crippen molar-refractivity contribution in [1.29, 1.82) is 0 Å². The summed E-state index contributed by atoms with van der Waals surface area (Å²) in [7, 11) is 0. The Kier molecular flexibility index (Phi) is 4.69. The standard InChI is InChI=1S/C12H15NO3S/c1-4-8(2)17-12-6-5-10(13(15)16)7-11(12)9(3)14/h5-8H,4H2,1-3H3. The summed E-state index contributed by atoms with van der Waals surface area (Å²) in [5, 5.41) is 11.0. The highest BCUT2D eigenvalue weighted by atomic mass is 32.2. The highest BCUT2D eigenvalue weighted by Gasteiger charge is 2.15. The van der Waals surface area contributed by atoms with Crippen molar-refractivity contribution >= 4 is 23.2 Å². The highest BCUT2D eigenvalue weighted by Crippen LogP contribution is 2.31. The average molecular weight is 253 g/mol. The molecule has 1 aromatic carbocycles. The summed E-state index contributed by atoms with van der Waals surface area (Å²) in [4.78, 5) is 22.5. The van der Waals surface area contributed by atoms with Crippen LogP contribution in [-0.2, 0) is 0 Å². The van der Waals surface area contributed by atoms with Gasteiger partial charge in [0.05, 0.1) is 4.92 Å². The topological polar surface area (TPSA) is 60.2 Å². The van der Waals surface area contributed by atoms with Gasteiger partial charge in [-0.1, -0.05) is 13.8 Å². The van der Waals surface area contributed by atoms with Gasteiger partial charge in [-0.15, -0.1) is 11.8 Å². The molecule has 0 aliphatic carbocycles. The number of hydrogen-bond donors (Lipinski definition) is 0. The van der Waals surface area contributed by atoms with Crippen molar-refractivity contribution in [2.45, 2.75) is 37.3 Å². The van der Waals surface area contributed by atoms with Crippen LogP contribution in [0.15, 0.2) is 23.1 Å². The molecule has 0 amide bonds. The van der Waals surface area contributed by atoms with E-state index >= 15 is 0 Å². The summed E-state index contributed by atoms with van der Waals surface area (Å²) in [6.07, 6.45) is 0.985. The Bertz CT molecular complexity index is 445. The van der Waals surface area contributed by atoms with Crippen LogP contribution in [0.3, 0.4) is 0 Å². The second-order valence-corrected chi connectivity index (χ2v) is 5.31. The van der Waals surface area contributed by atoms with Gasteiger partial charge in [-0.2, -0.15) is 0 Å². The van der Waals surface area contributed by atoms with Gasteiger partial charge in [0.15, 0.2) is 5.78 Å². The van der Waals surface area contributed by atoms with E-state index in [9.17, 15) is 14.9 Å². The molecular formula is C12H15NO3S. The van der Waals surface area contributed by atoms with Crippen molar-refractivity contribution in [3.8, 4) is 0 Å². The first kappa shape index (κ1) is 13.7. The van der Waals surface area contributed by atoms with Gasteiger partial charge in [0.1, 0.15) is 0 Å². The molecule has 0 radical (unpaired) electrons. The molecule has 0 heterocycles. The third-order valence-electron chi connectivity index (χ3n) is 2.46. The maximum absolute atomic E-state index is 11.5. The second-order valence-electron chi connectivity index (χ2n) is 3.83. The van der Waals surface area contributed by atoms with Crippen LogP contribution in [0, 0.1) is 10.1 Å². The molecule has 0 N–H and O–H groups in total. The molecule has 5 heteroatoms. The third kappa shape index (κ3) is 3.56. The van der Waals surface area contributed by atoms with Crippen LogP contribution in [0.4, 0.5) is 5.69 Å². The van der Waals surface area contributed by atoms with Gasteiger partial charge in [0.25, 0.3) is 5.69 Å². The van der Waals surface area contributed by atoms with Crippen LogP contribution in [0.25, 0.3) is 0 Å². The molecule has 0 fully saturated rings. The average Bonchev–Trinajstić information content (AvgIpc) is 2.28. The zero-order chi connectivity index (χ0) is 13.0. The lowest BCUT2D eigenvalue weighted by molar-refractivity contribution is -0.384. The van der Waals surface area contributed by atoms with E-state index in [1.807, 2.05) is 0 Å². The Morgan fingerprint density at radius 3 is 2.65 bits per heavy atom. The molecule has 0 aromatic heterocycles. The number of carbonyl (C=O) groups is 1. The molecule has 92 valence electrons. The molecule has 17 heavy (non-hydrogen) atoms. The van der Waals surface area contributed by atoms with E-state index < -0.39 is 4.92 Å². The Hall–Kier alpha value is -1.36. The lowest BCUT2D eigenvalue weighted by Crippen LogP contribution is -2.00. The second kappa shape index (κ2) is 5.82. The number of Topliss-reactive ketones (excluding diaryl/α,β-unsaturated/α-hetero) is 1. The number of benzene rings is 1. The van der Waals surface area contributed by atoms with Crippen molar-refractivity contribution in [3.63, 3.8) is 0 Å². The smallest absolute Gasteiger partial charge is 0.270 e. The van der Waals surface area contributed by atoms with Crippen LogP contribution in [0.5, 0.6) is 0 Å². The predicted molar refractivity (Wildman–Crippen MR) is 68.7 cm³/mol. The number of thioether (sulfide) groups is 1. The molecule has 0 saturated carbocycles.